The van der Waals surface area contributed by atoms with Crippen LogP contribution in [0.4, 0.5) is 0 Å². The fourth-order valence-electron chi connectivity index (χ4n) is 7.10. The van der Waals surface area contributed by atoms with Gasteiger partial charge in [-0.3, -0.25) is 0 Å². The summed E-state index contributed by atoms with van der Waals surface area (Å²) in [6, 6.07) is 36.0. The molecule has 0 atom stereocenters. The van der Waals surface area contributed by atoms with E-state index in [1.807, 2.05) is 0 Å². The van der Waals surface area contributed by atoms with Crippen molar-refractivity contribution in [2.45, 2.75) is 92.3 Å². The van der Waals surface area contributed by atoms with Crippen molar-refractivity contribution in [2.75, 3.05) is 0 Å². The van der Waals surface area contributed by atoms with E-state index >= 15 is 0 Å². The van der Waals surface area contributed by atoms with E-state index in [2.05, 4.69) is 152 Å². The minimum Gasteiger partial charge on any atom is -0.488 e. The summed E-state index contributed by atoms with van der Waals surface area (Å²) in [5.74, 6) is 4.24. The summed E-state index contributed by atoms with van der Waals surface area (Å²) in [6.45, 7) is 19.2. The molecule has 2 heterocycles. The van der Waals surface area contributed by atoms with Gasteiger partial charge in [0.15, 0.2) is 0 Å². The van der Waals surface area contributed by atoms with Gasteiger partial charge >= 0.3 is 0 Å². The molecule has 6 aromatic carbocycles. The molecule has 0 spiro atoms. The van der Waals surface area contributed by atoms with Crippen molar-refractivity contribution in [2.24, 2.45) is 0 Å². The van der Waals surface area contributed by atoms with Crippen LogP contribution in [0.5, 0.6) is 11.5 Å². The first-order valence-corrected chi connectivity index (χ1v) is 17.7. The highest BCUT2D eigenvalue weighted by Gasteiger charge is 2.22. The molecule has 0 unspecified atom stereocenters. The van der Waals surface area contributed by atoms with Crippen LogP contribution >= 0.6 is 0 Å². The normalized spacial score (nSPS) is 13.1. The van der Waals surface area contributed by atoms with E-state index in [9.17, 15) is 0 Å². The molecule has 244 valence electrons. The van der Waals surface area contributed by atoms with Gasteiger partial charge in [-0.2, -0.15) is 0 Å². The summed E-state index contributed by atoms with van der Waals surface area (Å²) in [4.78, 5) is 0. The van der Waals surface area contributed by atoms with Crippen molar-refractivity contribution in [3.63, 3.8) is 0 Å². The minimum atomic E-state index is 0.543. The predicted molar refractivity (Wildman–Crippen MR) is 204 cm³/mol. The molecule has 0 saturated heterocycles. The van der Waals surface area contributed by atoms with Crippen molar-refractivity contribution in [1.82, 2.24) is 0 Å². The van der Waals surface area contributed by atoms with Crippen molar-refractivity contribution in [3.8, 4) is 33.8 Å². The Kier molecular flexibility index (Phi) is 8.54. The third-order valence-corrected chi connectivity index (χ3v) is 10.2. The molecule has 0 amide bonds. The van der Waals surface area contributed by atoms with Gasteiger partial charge in [0.05, 0.1) is 0 Å². The lowest BCUT2D eigenvalue weighted by Gasteiger charge is -2.24. The molecule has 0 radical (unpaired) electrons. The van der Waals surface area contributed by atoms with E-state index < -0.39 is 0 Å². The smallest absolute Gasteiger partial charge is 0.135 e. The Morgan fingerprint density at radius 2 is 0.708 bits per heavy atom. The van der Waals surface area contributed by atoms with Crippen LogP contribution in [0.15, 0.2) is 97.1 Å². The third-order valence-electron chi connectivity index (χ3n) is 10.2. The summed E-state index contributed by atoms with van der Waals surface area (Å²) in [6.07, 6.45) is 0. The maximum Gasteiger partial charge on any atom is 0.135 e. The molecule has 8 rings (SSSR count). The monoisotopic (exact) mass is 632 g/mol. The van der Waals surface area contributed by atoms with Gasteiger partial charge in [-0.05, 0) is 79.0 Å². The highest BCUT2D eigenvalue weighted by atomic mass is 16.5. The van der Waals surface area contributed by atoms with Crippen LogP contribution in [0, 0.1) is 0 Å². The second-order valence-corrected chi connectivity index (χ2v) is 14.9. The molecule has 0 saturated carbocycles. The quantitative estimate of drug-likeness (QED) is 0.192. The standard InChI is InChI=1S/2C23H24O/c2*1-14(2)16-6-9-21-18(11-16)7-10-22-20-8-5-17(15(3)4)12-19(20)13-24-23(21)22/h2*5-12,14-15H,13H2,1-4H3. The Hall–Kier alpha value is -4.56. The van der Waals surface area contributed by atoms with E-state index in [0.717, 1.165) is 11.5 Å². The van der Waals surface area contributed by atoms with Gasteiger partial charge in [-0.15, -0.1) is 0 Å². The minimum absolute atomic E-state index is 0.543. The predicted octanol–water partition coefficient (Wildman–Crippen LogP) is 13.3. The molecule has 0 aromatic heterocycles. The topological polar surface area (TPSA) is 18.5 Å². The first-order valence-electron chi connectivity index (χ1n) is 17.7. The van der Waals surface area contributed by atoms with Crippen molar-refractivity contribution in [1.29, 1.82) is 0 Å². The molecule has 6 aromatic rings. The van der Waals surface area contributed by atoms with Crippen molar-refractivity contribution < 1.29 is 9.47 Å². The molecule has 2 aliphatic heterocycles. The van der Waals surface area contributed by atoms with Crippen LogP contribution in [-0.4, -0.2) is 0 Å². The highest BCUT2D eigenvalue weighted by Crippen LogP contribution is 2.45. The Bertz CT molecular complexity index is 1990. The number of ether oxygens (including phenoxy) is 2. The van der Waals surface area contributed by atoms with Crippen LogP contribution in [0.1, 0.15) is 112 Å². The Morgan fingerprint density at radius 1 is 0.375 bits per heavy atom. The van der Waals surface area contributed by atoms with Crippen LogP contribution in [0.25, 0.3) is 43.8 Å². The number of fused-ring (bicyclic) bond motifs is 10. The van der Waals surface area contributed by atoms with Gasteiger partial charge in [-0.25, -0.2) is 0 Å². The summed E-state index contributed by atoms with van der Waals surface area (Å²) < 4.78 is 12.4. The zero-order valence-corrected chi connectivity index (χ0v) is 29.8. The van der Waals surface area contributed by atoms with Gasteiger partial charge < -0.3 is 9.47 Å². The highest BCUT2D eigenvalue weighted by molar-refractivity contribution is 5.97. The molecule has 0 aliphatic carbocycles. The lowest BCUT2D eigenvalue weighted by atomic mass is 9.90. The summed E-state index contributed by atoms with van der Waals surface area (Å²) in [5, 5.41) is 4.97. The number of hydrogen-bond acceptors (Lipinski definition) is 2. The third kappa shape index (κ3) is 5.87. The number of hydrogen-bond donors (Lipinski definition) is 0. The fraction of sp³-hybridized carbons (Fsp3) is 0.304. The van der Waals surface area contributed by atoms with Crippen LogP contribution < -0.4 is 9.47 Å². The van der Waals surface area contributed by atoms with Crippen LogP contribution in [0.2, 0.25) is 0 Å². The molecular weight excluding hydrogens is 585 g/mol. The summed E-state index contributed by atoms with van der Waals surface area (Å²) >= 11 is 0. The second-order valence-electron chi connectivity index (χ2n) is 14.9. The fourth-order valence-corrected chi connectivity index (χ4v) is 7.10. The summed E-state index contributed by atoms with van der Waals surface area (Å²) in [5.41, 5.74) is 13.2. The Labute approximate surface area is 286 Å². The van der Waals surface area contributed by atoms with Gasteiger partial charge in [0.25, 0.3) is 0 Å². The average Bonchev–Trinajstić information content (AvgIpc) is 3.10. The largest absolute Gasteiger partial charge is 0.488 e. The van der Waals surface area contributed by atoms with Gasteiger partial charge in [-0.1, -0.05) is 152 Å². The van der Waals surface area contributed by atoms with Gasteiger partial charge in [0.1, 0.15) is 24.7 Å². The number of benzene rings is 6. The van der Waals surface area contributed by atoms with E-state index in [-0.39, 0.29) is 0 Å². The molecule has 2 heteroatoms. The molecule has 0 fully saturated rings. The summed E-state index contributed by atoms with van der Waals surface area (Å²) in [7, 11) is 0. The maximum atomic E-state index is 6.20. The molecule has 0 N–H and O–H groups in total. The van der Waals surface area contributed by atoms with Crippen LogP contribution in [-0.2, 0) is 13.2 Å². The second kappa shape index (κ2) is 12.8. The molecule has 48 heavy (non-hydrogen) atoms. The molecule has 2 nitrogen and oxygen atoms in total. The maximum absolute atomic E-state index is 6.20. The zero-order chi connectivity index (χ0) is 33.7. The van der Waals surface area contributed by atoms with Crippen molar-refractivity contribution in [3.05, 3.63) is 130 Å². The van der Waals surface area contributed by atoms with E-state index in [4.69, 9.17) is 9.47 Å². The van der Waals surface area contributed by atoms with Gasteiger partial charge in [0, 0.05) is 21.9 Å². The Balaban J connectivity index is 0.000000152. The lowest BCUT2D eigenvalue weighted by molar-refractivity contribution is 0.306. The van der Waals surface area contributed by atoms with E-state index in [0.29, 0.717) is 36.9 Å². The molecule has 2 aliphatic rings. The van der Waals surface area contributed by atoms with Crippen LogP contribution in [0.3, 0.4) is 0 Å². The first-order chi connectivity index (χ1) is 23.1. The van der Waals surface area contributed by atoms with Crippen molar-refractivity contribution >= 4 is 21.5 Å². The average molecular weight is 633 g/mol. The number of rotatable bonds is 4. The first kappa shape index (κ1) is 32.0. The molecular formula is C46H48O2. The lowest BCUT2D eigenvalue weighted by Crippen LogP contribution is -2.07. The van der Waals surface area contributed by atoms with E-state index in [1.54, 1.807) is 0 Å². The molecule has 0 bridgehead atoms. The zero-order valence-electron chi connectivity index (χ0n) is 29.8. The van der Waals surface area contributed by atoms with E-state index in [1.165, 1.54) is 77.2 Å². The Morgan fingerprint density at radius 3 is 1.08 bits per heavy atom. The van der Waals surface area contributed by atoms with Gasteiger partial charge in [0.2, 0.25) is 0 Å². The SMILES string of the molecule is CC(C)c1ccc2c(c1)COc1c-2ccc2cc(C(C)C)ccc12.CC(C)c1ccc2c(c1)COc1c-2ccc2cc(C(C)C)ccc12.